The van der Waals surface area contributed by atoms with E-state index in [2.05, 4.69) is 44.8 Å². The number of likely N-dealkylation sites (tertiary alicyclic amines) is 1. The number of rotatable bonds is 8. The molecule has 0 aliphatic carbocycles. The van der Waals surface area contributed by atoms with Crippen LogP contribution in [0.4, 0.5) is 0 Å². The van der Waals surface area contributed by atoms with E-state index in [1.807, 2.05) is 0 Å². The highest BCUT2D eigenvalue weighted by Gasteiger charge is 2.31. The Balaban J connectivity index is 2.51. The van der Waals surface area contributed by atoms with Gasteiger partial charge in [-0.25, -0.2) is 0 Å². The van der Waals surface area contributed by atoms with Crippen molar-refractivity contribution in [3.8, 4) is 0 Å². The van der Waals surface area contributed by atoms with Crippen molar-refractivity contribution in [1.29, 1.82) is 0 Å². The molecule has 0 spiro atoms. The lowest BCUT2D eigenvalue weighted by Gasteiger charge is -2.43. The zero-order valence-corrected chi connectivity index (χ0v) is 14.0. The van der Waals surface area contributed by atoms with Gasteiger partial charge >= 0.3 is 0 Å². The molecule has 0 aromatic rings. The van der Waals surface area contributed by atoms with E-state index < -0.39 is 0 Å². The monoisotopic (exact) mass is 268 g/mol. The highest BCUT2D eigenvalue weighted by Crippen LogP contribution is 2.32. The largest absolute Gasteiger partial charge is 0.316 e. The van der Waals surface area contributed by atoms with Gasteiger partial charge in [-0.15, -0.1) is 0 Å². The average Bonchev–Trinajstić information content (AvgIpc) is 2.28. The smallest absolute Gasteiger partial charge is 0.00477 e. The Morgan fingerprint density at radius 2 is 1.95 bits per heavy atom. The summed E-state index contributed by atoms with van der Waals surface area (Å²) in [6, 6.07) is 0. The lowest BCUT2D eigenvalue weighted by Crippen LogP contribution is -2.48. The molecule has 1 unspecified atom stereocenters. The molecule has 2 heteroatoms. The fraction of sp³-hybridized carbons (Fsp3) is 1.00. The molecule has 1 aliphatic heterocycles. The van der Waals surface area contributed by atoms with E-state index in [1.165, 1.54) is 58.3 Å². The van der Waals surface area contributed by atoms with Crippen molar-refractivity contribution in [3.63, 3.8) is 0 Å². The van der Waals surface area contributed by atoms with E-state index >= 15 is 0 Å². The van der Waals surface area contributed by atoms with Gasteiger partial charge in [0.1, 0.15) is 0 Å². The van der Waals surface area contributed by atoms with Gasteiger partial charge in [-0.05, 0) is 49.6 Å². The summed E-state index contributed by atoms with van der Waals surface area (Å²) < 4.78 is 0. The molecule has 1 atom stereocenters. The first-order valence-corrected chi connectivity index (χ1v) is 8.34. The van der Waals surface area contributed by atoms with Crippen LogP contribution in [0.25, 0.3) is 0 Å². The van der Waals surface area contributed by atoms with E-state index in [0.717, 1.165) is 6.54 Å². The predicted molar refractivity (Wildman–Crippen MR) is 85.6 cm³/mol. The zero-order valence-electron chi connectivity index (χ0n) is 14.0. The molecule has 1 fully saturated rings. The molecule has 2 nitrogen and oxygen atoms in total. The molecule has 1 aliphatic rings. The summed E-state index contributed by atoms with van der Waals surface area (Å²) >= 11 is 0. The maximum atomic E-state index is 3.64. The summed E-state index contributed by atoms with van der Waals surface area (Å²) in [5.41, 5.74) is 0.958. The highest BCUT2D eigenvalue weighted by molar-refractivity contribution is 4.86. The molecule has 0 amide bonds. The van der Waals surface area contributed by atoms with E-state index in [4.69, 9.17) is 0 Å². The summed E-state index contributed by atoms with van der Waals surface area (Å²) in [6.45, 7) is 18.1. The molecule has 19 heavy (non-hydrogen) atoms. The number of piperidine rings is 1. The Labute approximate surface area is 121 Å². The van der Waals surface area contributed by atoms with E-state index in [0.29, 0.717) is 10.8 Å². The second-order valence-electron chi connectivity index (χ2n) is 7.72. The summed E-state index contributed by atoms with van der Waals surface area (Å²) in [4.78, 5) is 2.72. The second-order valence-corrected chi connectivity index (χ2v) is 7.72. The van der Waals surface area contributed by atoms with Gasteiger partial charge in [0.2, 0.25) is 0 Å². The van der Waals surface area contributed by atoms with Crippen molar-refractivity contribution in [2.24, 2.45) is 10.8 Å². The third kappa shape index (κ3) is 6.27. The van der Waals surface area contributed by atoms with E-state index in [9.17, 15) is 0 Å². The molecular formula is C17H36N2. The van der Waals surface area contributed by atoms with Crippen LogP contribution in [-0.2, 0) is 0 Å². The topological polar surface area (TPSA) is 15.3 Å². The quantitative estimate of drug-likeness (QED) is 0.671. The molecule has 0 radical (unpaired) electrons. The third-order valence-electron chi connectivity index (χ3n) is 4.42. The standard InChI is InChI=1S/C17H36N2/c1-6-9-17(5,13-18-11-7-2)15-19-12-8-10-16(3,4)14-19/h18H,6-15H2,1-5H3. The van der Waals surface area contributed by atoms with Crippen molar-refractivity contribution < 1.29 is 0 Å². The van der Waals surface area contributed by atoms with Crippen LogP contribution in [0.5, 0.6) is 0 Å². The summed E-state index contributed by atoms with van der Waals surface area (Å²) in [7, 11) is 0. The van der Waals surface area contributed by atoms with Crippen LogP contribution in [0, 0.1) is 10.8 Å². The van der Waals surface area contributed by atoms with Crippen LogP contribution in [-0.4, -0.2) is 37.6 Å². The number of nitrogens with one attached hydrogen (secondary N) is 1. The average molecular weight is 268 g/mol. The highest BCUT2D eigenvalue weighted by atomic mass is 15.1. The summed E-state index contributed by atoms with van der Waals surface area (Å²) in [6.07, 6.45) is 6.63. The third-order valence-corrected chi connectivity index (χ3v) is 4.42. The van der Waals surface area contributed by atoms with Crippen molar-refractivity contribution in [2.75, 3.05) is 32.7 Å². The minimum Gasteiger partial charge on any atom is -0.316 e. The Bertz CT molecular complexity index is 250. The lowest BCUT2D eigenvalue weighted by molar-refractivity contribution is 0.0706. The van der Waals surface area contributed by atoms with Crippen LogP contribution in [0.3, 0.4) is 0 Å². The fourth-order valence-corrected chi connectivity index (χ4v) is 3.61. The molecule has 1 heterocycles. The normalized spacial score (nSPS) is 23.2. The molecule has 1 saturated heterocycles. The van der Waals surface area contributed by atoms with Crippen molar-refractivity contribution in [2.45, 2.75) is 66.7 Å². The molecular weight excluding hydrogens is 232 g/mol. The van der Waals surface area contributed by atoms with Gasteiger partial charge in [0.15, 0.2) is 0 Å². The van der Waals surface area contributed by atoms with Gasteiger partial charge in [0.25, 0.3) is 0 Å². The van der Waals surface area contributed by atoms with Crippen molar-refractivity contribution in [3.05, 3.63) is 0 Å². The zero-order chi connectivity index (χ0) is 14.4. The summed E-state index contributed by atoms with van der Waals surface area (Å²) in [5, 5.41) is 3.64. The number of hydrogen-bond donors (Lipinski definition) is 1. The lowest BCUT2D eigenvalue weighted by atomic mass is 9.80. The summed E-state index contributed by atoms with van der Waals surface area (Å²) in [5.74, 6) is 0. The number of nitrogens with zero attached hydrogens (tertiary/aromatic N) is 1. The SMILES string of the molecule is CCCNCC(C)(CCC)CN1CCCC(C)(C)C1. The van der Waals surface area contributed by atoms with Gasteiger partial charge in [-0.3, -0.25) is 0 Å². The van der Waals surface area contributed by atoms with Gasteiger partial charge < -0.3 is 10.2 Å². The van der Waals surface area contributed by atoms with Crippen LogP contribution < -0.4 is 5.32 Å². The second kappa shape index (κ2) is 7.64. The predicted octanol–water partition coefficient (Wildman–Crippen LogP) is 3.91. The Kier molecular flexibility index (Phi) is 6.82. The van der Waals surface area contributed by atoms with Gasteiger partial charge in [0.05, 0.1) is 0 Å². The first-order valence-electron chi connectivity index (χ1n) is 8.34. The van der Waals surface area contributed by atoms with Crippen LogP contribution >= 0.6 is 0 Å². The Morgan fingerprint density at radius 1 is 1.21 bits per heavy atom. The first kappa shape index (κ1) is 17.0. The van der Waals surface area contributed by atoms with E-state index in [-0.39, 0.29) is 0 Å². The molecule has 1 N–H and O–H groups in total. The maximum Gasteiger partial charge on any atom is 0.00477 e. The minimum atomic E-state index is 0.442. The molecule has 0 saturated carbocycles. The van der Waals surface area contributed by atoms with Crippen LogP contribution in [0.1, 0.15) is 66.7 Å². The molecule has 1 rings (SSSR count). The Morgan fingerprint density at radius 3 is 2.53 bits per heavy atom. The van der Waals surface area contributed by atoms with Crippen molar-refractivity contribution in [1.82, 2.24) is 10.2 Å². The maximum absolute atomic E-state index is 3.64. The van der Waals surface area contributed by atoms with E-state index in [1.54, 1.807) is 0 Å². The fourth-order valence-electron chi connectivity index (χ4n) is 3.61. The number of hydrogen-bond acceptors (Lipinski definition) is 2. The van der Waals surface area contributed by atoms with Gasteiger partial charge in [0, 0.05) is 19.6 Å². The van der Waals surface area contributed by atoms with Gasteiger partial charge in [-0.1, -0.05) is 41.0 Å². The first-order chi connectivity index (χ1) is 8.91. The molecule has 0 aromatic heterocycles. The van der Waals surface area contributed by atoms with Crippen LogP contribution in [0.15, 0.2) is 0 Å². The molecule has 0 bridgehead atoms. The van der Waals surface area contributed by atoms with Crippen LogP contribution in [0.2, 0.25) is 0 Å². The Hall–Kier alpha value is -0.0800. The minimum absolute atomic E-state index is 0.442. The van der Waals surface area contributed by atoms with Crippen molar-refractivity contribution >= 4 is 0 Å². The molecule has 114 valence electrons. The van der Waals surface area contributed by atoms with Gasteiger partial charge in [-0.2, -0.15) is 0 Å². The molecule has 0 aromatic carbocycles.